The summed E-state index contributed by atoms with van der Waals surface area (Å²) in [5.74, 6) is 0.375. The van der Waals surface area contributed by atoms with Crippen molar-refractivity contribution in [1.29, 1.82) is 0 Å². The lowest BCUT2D eigenvalue weighted by molar-refractivity contribution is 1.14. The highest BCUT2D eigenvalue weighted by Gasteiger charge is 2.11. The van der Waals surface area contributed by atoms with Crippen LogP contribution in [0.4, 0.5) is 11.6 Å². The Morgan fingerprint density at radius 1 is 0.885 bits per heavy atom. The summed E-state index contributed by atoms with van der Waals surface area (Å²) in [4.78, 5) is 24.3. The van der Waals surface area contributed by atoms with Crippen LogP contribution in [0.3, 0.4) is 0 Å². The van der Waals surface area contributed by atoms with E-state index in [2.05, 4.69) is 20.3 Å². The van der Waals surface area contributed by atoms with E-state index >= 15 is 0 Å². The lowest BCUT2D eigenvalue weighted by Crippen LogP contribution is -2.13. The molecule has 0 radical (unpaired) electrons. The lowest BCUT2D eigenvalue weighted by atomic mass is 10.0. The van der Waals surface area contributed by atoms with E-state index in [1.54, 1.807) is 6.20 Å². The molecule has 5 nitrogen and oxygen atoms in total. The fraction of sp³-hybridized carbons (Fsp3) is 0.0952. The maximum atomic E-state index is 12.7. The number of benzene rings is 2. The number of fused-ring (bicyclic) bond motifs is 1. The zero-order valence-corrected chi connectivity index (χ0v) is 14.6. The molecule has 0 spiro atoms. The van der Waals surface area contributed by atoms with Crippen molar-refractivity contribution >= 4 is 22.7 Å². The zero-order valence-electron chi connectivity index (χ0n) is 14.6. The van der Waals surface area contributed by atoms with Crippen LogP contribution in [0.1, 0.15) is 11.1 Å². The summed E-state index contributed by atoms with van der Waals surface area (Å²) in [6.45, 7) is 4.06. The van der Waals surface area contributed by atoms with Gasteiger partial charge >= 0.3 is 0 Å². The molecule has 0 unspecified atom stereocenters. The first-order valence-corrected chi connectivity index (χ1v) is 8.40. The van der Waals surface area contributed by atoms with Crippen LogP contribution < -0.4 is 10.9 Å². The second kappa shape index (κ2) is 6.44. The first-order chi connectivity index (χ1) is 12.6. The Morgan fingerprint density at radius 2 is 1.54 bits per heavy atom. The second-order valence-corrected chi connectivity index (χ2v) is 6.33. The van der Waals surface area contributed by atoms with Gasteiger partial charge in [0.15, 0.2) is 5.65 Å². The molecule has 0 fully saturated rings. The number of pyridine rings is 1. The Morgan fingerprint density at radius 3 is 2.23 bits per heavy atom. The van der Waals surface area contributed by atoms with Gasteiger partial charge in [0.2, 0.25) is 5.95 Å². The fourth-order valence-electron chi connectivity index (χ4n) is 2.87. The van der Waals surface area contributed by atoms with Crippen LogP contribution in [0.2, 0.25) is 0 Å². The molecule has 0 amide bonds. The average Bonchev–Trinajstić information content (AvgIpc) is 2.64. The normalized spacial score (nSPS) is 10.8. The minimum atomic E-state index is -0.215. The van der Waals surface area contributed by atoms with E-state index in [1.807, 2.05) is 68.4 Å². The number of hydrogen-bond acceptors (Lipinski definition) is 4. The Kier molecular flexibility index (Phi) is 3.97. The van der Waals surface area contributed by atoms with Crippen LogP contribution in [0.15, 0.2) is 65.6 Å². The van der Waals surface area contributed by atoms with Crippen LogP contribution in [-0.2, 0) is 0 Å². The van der Waals surface area contributed by atoms with Crippen molar-refractivity contribution in [3.8, 4) is 11.1 Å². The van der Waals surface area contributed by atoms with Gasteiger partial charge in [0, 0.05) is 11.9 Å². The average molecular weight is 342 g/mol. The van der Waals surface area contributed by atoms with Crippen molar-refractivity contribution in [2.75, 3.05) is 5.32 Å². The van der Waals surface area contributed by atoms with E-state index in [4.69, 9.17) is 0 Å². The number of nitrogens with one attached hydrogen (secondary N) is 2. The summed E-state index contributed by atoms with van der Waals surface area (Å²) in [6, 6.07) is 17.8. The number of aromatic amines is 1. The first-order valence-electron chi connectivity index (χ1n) is 8.40. The molecule has 2 heterocycles. The van der Waals surface area contributed by atoms with E-state index < -0.39 is 0 Å². The van der Waals surface area contributed by atoms with Crippen LogP contribution in [0.5, 0.6) is 0 Å². The lowest BCUT2D eigenvalue weighted by Gasteiger charge is -2.09. The molecule has 4 rings (SSSR count). The number of aryl methyl sites for hydroxylation is 2. The summed E-state index contributed by atoms with van der Waals surface area (Å²) in [5.41, 5.74) is 5.19. The van der Waals surface area contributed by atoms with Gasteiger partial charge in [-0.2, -0.15) is 4.98 Å². The minimum absolute atomic E-state index is 0.215. The van der Waals surface area contributed by atoms with E-state index in [9.17, 15) is 4.79 Å². The van der Waals surface area contributed by atoms with E-state index in [1.165, 1.54) is 11.1 Å². The smallest absolute Gasteiger partial charge is 0.262 e. The van der Waals surface area contributed by atoms with Gasteiger partial charge in [-0.1, -0.05) is 47.5 Å². The molecule has 0 aliphatic rings. The zero-order chi connectivity index (χ0) is 18.1. The van der Waals surface area contributed by atoms with Gasteiger partial charge in [0.05, 0.1) is 5.39 Å². The number of rotatable bonds is 3. The monoisotopic (exact) mass is 342 g/mol. The minimum Gasteiger partial charge on any atom is -0.326 e. The molecule has 0 bridgehead atoms. The van der Waals surface area contributed by atoms with Gasteiger partial charge in [-0.15, -0.1) is 0 Å². The molecule has 0 atom stereocenters. The molecule has 26 heavy (non-hydrogen) atoms. The number of nitrogens with zero attached hydrogens (tertiary/aromatic N) is 2. The van der Waals surface area contributed by atoms with Crippen molar-refractivity contribution < 1.29 is 0 Å². The van der Waals surface area contributed by atoms with Crippen LogP contribution in [0.25, 0.3) is 22.2 Å². The third-order valence-corrected chi connectivity index (χ3v) is 4.28. The highest BCUT2D eigenvalue weighted by Crippen LogP contribution is 2.25. The van der Waals surface area contributed by atoms with Crippen molar-refractivity contribution in [2.24, 2.45) is 0 Å². The molecule has 128 valence electrons. The largest absolute Gasteiger partial charge is 0.326 e. The highest BCUT2D eigenvalue weighted by molar-refractivity contribution is 5.92. The van der Waals surface area contributed by atoms with Gasteiger partial charge < -0.3 is 5.32 Å². The molecule has 2 aromatic heterocycles. The quantitative estimate of drug-likeness (QED) is 0.581. The van der Waals surface area contributed by atoms with Crippen molar-refractivity contribution in [1.82, 2.24) is 15.0 Å². The summed E-state index contributed by atoms with van der Waals surface area (Å²) < 4.78 is 0. The van der Waals surface area contributed by atoms with Crippen LogP contribution >= 0.6 is 0 Å². The van der Waals surface area contributed by atoms with Gasteiger partial charge in [0.25, 0.3) is 5.56 Å². The maximum absolute atomic E-state index is 12.7. The molecule has 0 aliphatic carbocycles. The molecule has 0 saturated heterocycles. The molecule has 0 aliphatic heterocycles. The Hall–Kier alpha value is -3.47. The van der Waals surface area contributed by atoms with Crippen LogP contribution in [0, 0.1) is 13.8 Å². The first kappa shape index (κ1) is 16.0. The van der Waals surface area contributed by atoms with Crippen molar-refractivity contribution in [3.63, 3.8) is 0 Å². The van der Waals surface area contributed by atoms with Gasteiger partial charge in [-0.05, 0) is 43.2 Å². The predicted octanol–water partition coefficient (Wildman–Crippen LogP) is 4.35. The van der Waals surface area contributed by atoms with Gasteiger partial charge in [-0.25, -0.2) is 4.98 Å². The molecule has 2 N–H and O–H groups in total. The highest BCUT2D eigenvalue weighted by atomic mass is 16.1. The maximum Gasteiger partial charge on any atom is 0.262 e. The van der Waals surface area contributed by atoms with E-state index in [-0.39, 0.29) is 5.56 Å². The van der Waals surface area contributed by atoms with E-state index in [0.717, 1.165) is 16.8 Å². The van der Waals surface area contributed by atoms with Crippen molar-refractivity contribution in [2.45, 2.75) is 13.8 Å². The fourth-order valence-corrected chi connectivity index (χ4v) is 2.87. The molecule has 0 saturated carbocycles. The molecule has 4 aromatic rings. The number of H-pyrrole nitrogens is 1. The summed E-state index contributed by atoms with van der Waals surface area (Å²) in [6.07, 6.45) is 1.68. The van der Waals surface area contributed by atoms with Crippen molar-refractivity contribution in [3.05, 3.63) is 82.3 Å². The summed E-state index contributed by atoms with van der Waals surface area (Å²) in [5, 5.41) is 3.62. The third-order valence-electron chi connectivity index (χ3n) is 4.28. The van der Waals surface area contributed by atoms with Gasteiger partial charge in [-0.3, -0.25) is 9.78 Å². The summed E-state index contributed by atoms with van der Waals surface area (Å²) >= 11 is 0. The topological polar surface area (TPSA) is 70.7 Å². The second-order valence-electron chi connectivity index (χ2n) is 6.33. The predicted molar refractivity (Wildman–Crippen MR) is 105 cm³/mol. The number of aromatic nitrogens is 3. The SMILES string of the molecule is Cc1ccc(Nc2nc3nccc(-c4ccc(C)cc4)c3c(=O)[nH]2)cc1. The molecule has 5 heteroatoms. The number of anilines is 2. The molecular weight excluding hydrogens is 324 g/mol. The Balaban J connectivity index is 1.80. The van der Waals surface area contributed by atoms with E-state index in [0.29, 0.717) is 17.0 Å². The molecular formula is C21H18N4O. The summed E-state index contributed by atoms with van der Waals surface area (Å²) in [7, 11) is 0. The van der Waals surface area contributed by atoms with Crippen LogP contribution in [-0.4, -0.2) is 15.0 Å². The number of hydrogen-bond donors (Lipinski definition) is 2. The molecule has 2 aromatic carbocycles. The Labute approximate surface area is 150 Å². The standard InChI is InChI=1S/C21H18N4O/c1-13-3-7-15(8-4-13)17-11-12-22-19-18(17)20(26)25-21(24-19)23-16-9-5-14(2)6-10-16/h3-12H,1-2H3,(H2,22,23,24,25,26). The van der Waals surface area contributed by atoms with Gasteiger partial charge in [0.1, 0.15) is 0 Å². The third kappa shape index (κ3) is 3.07. The Bertz CT molecular complexity index is 1130.